The fourth-order valence-electron chi connectivity index (χ4n) is 0.607. The number of hydrogen-bond acceptors (Lipinski definition) is 4. The van der Waals surface area contributed by atoms with E-state index in [1.165, 1.54) is 6.20 Å². The Morgan fingerprint density at radius 3 is 2.92 bits per heavy atom. The van der Waals surface area contributed by atoms with Crippen molar-refractivity contribution in [3.8, 4) is 5.88 Å². The Morgan fingerprint density at radius 1 is 1.62 bits per heavy atom. The van der Waals surface area contributed by atoms with E-state index < -0.39 is 13.0 Å². The zero-order chi connectivity index (χ0) is 9.84. The number of hydrogen-bond donors (Lipinski definition) is 1. The molecule has 0 aliphatic carbocycles. The van der Waals surface area contributed by atoms with Gasteiger partial charge in [-0.15, -0.1) is 0 Å². The van der Waals surface area contributed by atoms with Crippen molar-refractivity contribution >= 4 is 17.5 Å². The highest BCUT2D eigenvalue weighted by Crippen LogP contribution is 2.21. The van der Waals surface area contributed by atoms with Crippen LogP contribution >= 0.6 is 11.6 Å². The zero-order valence-electron chi connectivity index (χ0n) is 6.38. The van der Waals surface area contributed by atoms with Crippen molar-refractivity contribution in [2.75, 3.05) is 12.3 Å². The number of aromatic nitrogens is 2. The van der Waals surface area contributed by atoms with Crippen LogP contribution < -0.4 is 10.5 Å². The van der Waals surface area contributed by atoms with Crippen LogP contribution in [0.4, 0.5) is 14.7 Å². The van der Waals surface area contributed by atoms with Gasteiger partial charge < -0.3 is 10.5 Å². The molecule has 2 N–H and O–H groups in total. The van der Waals surface area contributed by atoms with E-state index in [0.29, 0.717) is 0 Å². The minimum Gasteiger partial charge on any atom is -0.470 e. The van der Waals surface area contributed by atoms with Gasteiger partial charge in [-0.2, -0.15) is 4.98 Å². The summed E-state index contributed by atoms with van der Waals surface area (Å²) in [5, 5.41) is 0.0508. The molecule has 0 fully saturated rings. The Balaban J connectivity index is 2.70. The summed E-state index contributed by atoms with van der Waals surface area (Å²) in [6, 6.07) is 0. The molecule has 0 bridgehead atoms. The van der Waals surface area contributed by atoms with Crippen LogP contribution in [0.15, 0.2) is 6.20 Å². The number of ether oxygens (including phenoxy) is 1. The molecule has 4 nitrogen and oxygen atoms in total. The zero-order valence-corrected chi connectivity index (χ0v) is 7.13. The van der Waals surface area contributed by atoms with Gasteiger partial charge in [-0.1, -0.05) is 11.6 Å². The fourth-order valence-corrected chi connectivity index (χ4v) is 0.753. The molecule has 72 valence electrons. The van der Waals surface area contributed by atoms with Crippen molar-refractivity contribution < 1.29 is 13.5 Å². The Hall–Kier alpha value is -1.17. The van der Waals surface area contributed by atoms with E-state index in [0.717, 1.165) is 0 Å². The lowest BCUT2D eigenvalue weighted by atomic mass is 10.6. The predicted molar refractivity (Wildman–Crippen MR) is 43.0 cm³/mol. The molecule has 0 radical (unpaired) electrons. The molecule has 1 heterocycles. The third-order valence-corrected chi connectivity index (χ3v) is 1.34. The highest BCUT2D eigenvalue weighted by Gasteiger charge is 2.08. The van der Waals surface area contributed by atoms with Crippen LogP contribution in [0.25, 0.3) is 0 Å². The summed E-state index contributed by atoms with van der Waals surface area (Å²) in [5.41, 5.74) is 5.19. The summed E-state index contributed by atoms with van der Waals surface area (Å²) in [7, 11) is 0. The topological polar surface area (TPSA) is 61.0 Å². The summed E-state index contributed by atoms with van der Waals surface area (Å²) >= 11 is 5.53. The van der Waals surface area contributed by atoms with Crippen molar-refractivity contribution in [1.82, 2.24) is 9.97 Å². The van der Waals surface area contributed by atoms with Crippen LogP contribution in [0.2, 0.25) is 5.02 Å². The Bertz CT molecular complexity index is 297. The monoisotopic (exact) mass is 209 g/mol. The number of rotatable bonds is 3. The van der Waals surface area contributed by atoms with E-state index in [1.807, 2.05) is 0 Å². The number of nitrogens with zero attached hydrogens (tertiary/aromatic N) is 2. The van der Waals surface area contributed by atoms with Gasteiger partial charge in [-0.3, -0.25) is 0 Å². The van der Waals surface area contributed by atoms with E-state index in [4.69, 9.17) is 17.3 Å². The first-order valence-corrected chi connectivity index (χ1v) is 3.66. The molecule has 0 aliphatic rings. The number of halogens is 3. The van der Waals surface area contributed by atoms with Crippen molar-refractivity contribution in [1.29, 1.82) is 0 Å². The Kier molecular flexibility index (Phi) is 3.18. The lowest BCUT2D eigenvalue weighted by molar-refractivity contribution is 0.0796. The standard InChI is InChI=1S/C6H6ClF2N3O/c7-3-1-11-6(10)12-5(3)13-2-4(8)9/h1,4H,2H2,(H2,10,11,12). The first kappa shape index (κ1) is 9.91. The minimum atomic E-state index is -2.58. The quantitative estimate of drug-likeness (QED) is 0.817. The summed E-state index contributed by atoms with van der Waals surface area (Å²) in [5.74, 6) is -0.205. The molecule has 0 saturated carbocycles. The molecule has 1 aromatic heterocycles. The van der Waals surface area contributed by atoms with Crippen LogP contribution in [-0.4, -0.2) is 23.0 Å². The number of alkyl halides is 2. The fraction of sp³-hybridized carbons (Fsp3) is 0.333. The first-order chi connectivity index (χ1) is 6.09. The number of nitrogen functional groups attached to an aromatic ring is 1. The SMILES string of the molecule is Nc1ncc(Cl)c(OCC(F)F)n1. The lowest BCUT2D eigenvalue weighted by Crippen LogP contribution is -2.09. The Morgan fingerprint density at radius 2 is 2.31 bits per heavy atom. The molecule has 7 heteroatoms. The third-order valence-electron chi connectivity index (χ3n) is 1.08. The van der Waals surface area contributed by atoms with Gasteiger partial charge in [-0.25, -0.2) is 13.8 Å². The summed E-state index contributed by atoms with van der Waals surface area (Å²) in [4.78, 5) is 7.06. The van der Waals surface area contributed by atoms with Crippen LogP contribution in [0.1, 0.15) is 0 Å². The van der Waals surface area contributed by atoms with Crippen LogP contribution in [0.5, 0.6) is 5.88 Å². The molecule has 0 unspecified atom stereocenters. The highest BCUT2D eigenvalue weighted by molar-refractivity contribution is 6.31. The average Bonchev–Trinajstić information content (AvgIpc) is 2.06. The van der Waals surface area contributed by atoms with Gasteiger partial charge in [0.05, 0.1) is 6.20 Å². The van der Waals surface area contributed by atoms with Gasteiger partial charge >= 0.3 is 0 Å². The van der Waals surface area contributed by atoms with Gasteiger partial charge in [0.1, 0.15) is 5.02 Å². The first-order valence-electron chi connectivity index (χ1n) is 3.28. The van der Waals surface area contributed by atoms with Crippen LogP contribution in [-0.2, 0) is 0 Å². The molecular formula is C6H6ClF2N3O. The van der Waals surface area contributed by atoms with Crippen LogP contribution in [0.3, 0.4) is 0 Å². The molecular weight excluding hydrogens is 204 g/mol. The van der Waals surface area contributed by atoms with Crippen molar-refractivity contribution in [2.45, 2.75) is 6.43 Å². The second-order valence-corrected chi connectivity index (χ2v) is 2.49. The molecule has 0 amide bonds. The second kappa shape index (κ2) is 4.18. The van der Waals surface area contributed by atoms with Gasteiger partial charge in [0.15, 0.2) is 6.61 Å². The van der Waals surface area contributed by atoms with Gasteiger partial charge in [0.2, 0.25) is 11.8 Å². The van der Waals surface area contributed by atoms with E-state index in [1.54, 1.807) is 0 Å². The molecule has 0 aliphatic heterocycles. The van der Waals surface area contributed by atoms with E-state index >= 15 is 0 Å². The molecule has 0 atom stereocenters. The van der Waals surface area contributed by atoms with Gasteiger partial charge in [0.25, 0.3) is 6.43 Å². The third kappa shape index (κ3) is 2.98. The minimum absolute atomic E-state index is 0.0508. The van der Waals surface area contributed by atoms with Crippen molar-refractivity contribution in [3.63, 3.8) is 0 Å². The highest BCUT2D eigenvalue weighted by atomic mass is 35.5. The molecule has 13 heavy (non-hydrogen) atoms. The average molecular weight is 210 g/mol. The van der Waals surface area contributed by atoms with Crippen molar-refractivity contribution in [2.24, 2.45) is 0 Å². The molecule has 1 aromatic rings. The maximum Gasteiger partial charge on any atom is 0.272 e. The van der Waals surface area contributed by atoms with E-state index in [-0.39, 0.29) is 16.9 Å². The van der Waals surface area contributed by atoms with Crippen LogP contribution in [0, 0.1) is 0 Å². The normalized spacial score (nSPS) is 10.5. The smallest absolute Gasteiger partial charge is 0.272 e. The molecule has 0 spiro atoms. The second-order valence-electron chi connectivity index (χ2n) is 2.08. The van der Waals surface area contributed by atoms with E-state index in [9.17, 15) is 8.78 Å². The number of anilines is 1. The molecule has 0 saturated heterocycles. The lowest BCUT2D eigenvalue weighted by Gasteiger charge is -2.05. The Labute approximate surface area is 77.7 Å². The van der Waals surface area contributed by atoms with Gasteiger partial charge in [-0.05, 0) is 0 Å². The predicted octanol–water partition coefficient (Wildman–Crippen LogP) is 1.36. The maximum atomic E-state index is 11.7. The number of nitrogens with two attached hydrogens (primary N) is 1. The summed E-state index contributed by atoms with van der Waals surface area (Å²) in [6.45, 7) is -0.768. The van der Waals surface area contributed by atoms with Gasteiger partial charge in [0, 0.05) is 0 Å². The largest absolute Gasteiger partial charge is 0.470 e. The van der Waals surface area contributed by atoms with E-state index in [2.05, 4.69) is 14.7 Å². The van der Waals surface area contributed by atoms with Crippen molar-refractivity contribution in [3.05, 3.63) is 11.2 Å². The maximum absolute atomic E-state index is 11.7. The summed E-state index contributed by atoms with van der Waals surface area (Å²) in [6.07, 6.45) is -1.39. The molecule has 1 rings (SSSR count). The summed E-state index contributed by atoms with van der Waals surface area (Å²) < 4.78 is 28.0. The molecule has 0 aromatic carbocycles.